The fourth-order valence-corrected chi connectivity index (χ4v) is 1.61. The summed E-state index contributed by atoms with van der Waals surface area (Å²) in [5.41, 5.74) is 2.46. The van der Waals surface area contributed by atoms with Crippen LogP contribution in [0.4, 0.5) is 5.69 Å². The molecule has 5 nitrogen and oxygen atoms in total. The van der Waals surface area contributed by atoms with E-state index < -0.39 is 0 Å². The number of nitrogens with zero attached hydrogens (tertiary/aromatic N) is 3. The fourth-order valence-electron chi connectivity index (χ4n) is 1.61. The van der Waals surface area contributed by atoms with Crippen molar-refractivity contribution in [2.75, 3.05) is 19.0 Å². The second-order valence-electron chi connectivity index (χ2n) is 4.42. The van der Waals surface area contributed by atoms with E-state index in [9.17, 15) is 0 Å². The third-order valence-corrected chi connectivity index (χ3v) is 2.77. The summed E-state index contributed by atoms with van der Waals surface area (Å²) in [7, 11) is 3.94. The van der Waals surface area contributed by atoms with Crippen LogP contribution in [0.25, 0.3) is 0 Å². The molecular formula is C14H17N3O2. The molecule has 0 bridgehead atoms. The Hall–Kier alpha value is -2.14. The second kappa shape index (κ2) is 5.67. The van der Waals surface area contributed by atoms with Gasteiger partial charge in [-0.3, -0.25) is 0 Å². The lowest BCUT2D eigenvalue weighted by atomic mass is 10.2. The van der Waals surface area contributed by atoms with Gasteiger partial charge in [0.15, 0.2) is 0 Å². The molecule has 0 aliphatic heterocycles. The Kier molecular flexibility index (Phi) is 3.97. The quantitative estimate of drug-likeness (QED) is 0.911. The molecule has 1 N–H and O–H groups in total. The lowest BCUT2D eigenvalue weighted by molar-refractivity contribution is 0.279. The molecule has 0 aliphatic carbocycles. The normalized spacial score (nSPS) is 10.3. The van der Waals surface area contributed by atoms with E-state index in [1.807, 2.05) is 50.2 Å². The Bertz CT molecular complexity index is 570. The number of rotatable bonds is 4. The topological polar surface area (TPSA) is 58.5 Å². The van der Waals surface area contributed by atoms with Crippen molar-refractivity contribution in [2.45, 2.75) is 13.5 Å². The molecule has 0 saturated carbocycles. The van der Waals surface area contributed by atoms with E-state index in [0.717, 1.165) is 11.4 Å². The average Bonchev–Trinajstić information content (AvgIpc) is 2.39. The number of ether oxygens (including phenoxy) is 1. The number of aliphatic hydroxyl groups excluding tert-OH is 1. The number of hydrogen-bond donors (Lipinski definition) is 1. The second-order valence-corrected chi connectivity index (χ2v) is 4.42. The van der Waals surface area contributed by atoms with E-state index in [2.05, 4.69) is 9.97 Å². The van der Waals surface area contributed by atoms with Gasteiger partial charge in [0.25, 0.3) is 0 Å². The molecule has 0 fully saturated rings. The molecule has 1 aromatic carbocycles. The molecule has 1 aromatic heterocycles. The van der Waals surface area contributed by atoms with Crippen molar-refractivity contribution in [2.24, 2.45) is 0 Å². The van der Waals surface area contributed by atoms with E-state index in [1.54, 1.807) is 6.20 Å². The van der Waals surface area contributed by atoms with Crippen LogP contribution in [-0.2, 0) is 6.61 Å². The Labute approximate surface area is 112 Å². The highest BCUT2D eigenvalue weighted by molar-refractivity contribution is 5.49. The smallest absolute Gasteiger partial charge is 0.322 e. The van der Waals surface area contributed by atoms with Gasteiger partial charge in [-0.2, -0.15) is 4.98 Å². The molecule has 100 valence electrons. The monoisotopic (exact) mass is 259 g/mol. The van der Waals surface area contributed by atoms with Gasteiger partial charge in [-0.15, -0.1) is 0 Å². The van der Waals surface area contributed by atoms with Gasteiger partial charge in [0.1, 0.15) is 5.75 Å². The van der Waals surface area contributed by atoms with Crippen LogP contribution in [0.15, 0.2) is 30.5 Å². The van der Waals surface area contributed by atoms with Crippen molar-refractivity contribution in [3.63, 3.8) is 0 Å². The van der Waals surface area contributed by atoms with Gasteiger partial charge >= 0.3 is 6.01 Å². The maximum Gasteiger partial charge on any atom is 0.322 e. The van der Waals surface area contributed by atoms with E-state index in [0.29, 0.717) is 11.3 Å². The maximum atomic E-state index is 9.07. The minimum atomic E-state index is -0.0672. The predicted octanol–water partition coefficient (Wildman–Crippen LogP) is 2.14. The van der Waals surface area contributed by atoms with Crippen molar-refractivity contribution in [1.29, 1.82) is 0 Å². The van der Waals surface area contributed by atoms with Crippen LogP contribution in [0.3, 0.4) is 0 Å². The molecule has 0 aliphatic rings. The maximum absolute atomic E-state index is 9.07. The zero-order valence-corrected chi connectivity index (χ0v) is 11.3. The van der Waals surface area contributed by atoms with Gasteiger partial charge in [0, 0.05) is 37.6 Å². The number of aromatic nitrogens is 2. The van der Waals surface area contributed by atoms with Crippen LogP contribution in [0.2, 0.25) is 0 Å². The lowest BCUT2D eigenvalue weighted by Gasteiger charge is -2.13. The summed E-state index contributed by atoms with van der Waals surface area (Å²) in [4.78, 5) is 10.3. The fraction of sp³-hybridized carbons (Fsp3) is 0.286. The van der Waals surface area contributed by atoms with Gasteiger partial charge < -0.3 is 14.7 Å². The zero-order valence-electron chi connectivity index (χ0n) is 11.3. The van der Waals surface area contributed by atoms with Crippen LogP contribution >= 0.6 is 0 Å². The molecule has 0 unspecified atom stereocenters. The first-order chi connectivity index (χ1) is 9.10. The van der Waals surface area contributed by atoms with Gasteiger partial charge in [-0.25, -0.2) is 4.98 Å². The van der Waals surface area contributed by atoms with E-state index in [1.165, 1.54) is 0 Å². The highest BCUT2D eigenvalue weighted by Gasteiger charge is 2.05. The van der Waals surface area contributed by atoms with Crippen molar-refractivity contribution >= 4 is 5.69 Å². The number of benzene rings is 1. The largest absolute Gasteiger partial charge is 0.424 e. The first-order valence-corrected chi connectivity index (χ1v) is 5.99. The van der Waals surface area contributed by atoms with Crippen molar-refractivity contribution in [3.05, 3.63) is 41.7 Å². The first-order valence-electron chi connectivity index (χ1n) is 5.99. The molecule has 0 atom stereocenters. The van der Waals surface area contributed by atoms with Crippen molar-refractivity contribution in [1.82, 2.24) is 9.97 Å². The summed E-state index contributed by atoms with van der Waals surface area (Å²) in [5.74, 6) is 0.683. The van der Waals surface area contributed by atoms with Gasteiger partial charge in [0.05, 0.1) is 12.3 Å². The Morgan fingerprint density at radius 2 is 2.11 bits per heavy atom. The van der Waals surface area contributed by atoms with Crippen LogP contribution in [-0.4, -0.2) is 29.2 Å². The van der Waals surface area contributed by atoms with E-state index in [4.69, 9.17) is 9.84 Å². The number of aliphatic hydroxyl groups is 1. The summed E-state index contributed by atoms with van der Waals surface area (Å²) < 4.78 is 5.62. The van der Waals surface area contributed by atoms with Crippen LogP contribution in [0, 0.1) is 6.92 Å². The standard InChI is InChI=1S/C14H17N3O2/c1-10-11(9-18)8-15-14(16-10)19-13-6-4-5-12(7-13)17(2)3/h4-8,18H,9H2,1-3H3. The number of hydrogen-bond acceptors (Lipinski definition) is 5. The molecule has 5 heteroatoms. The molecule has 0 amide bonds. The molecule has 1 heterocycles. The predicted molar refractivity (Wildman–Crippen MR) is 73.5 cm³/mol. The number of anilines is 1. The Morgan fingerprint density at radius 3 is 2.74 bits per heavy atom. The van der Waals surface area contributed by atoms with Crippen LogP contribution in [0.5, 0.6) is 11.8 Å². The summed E-state index contributed by atoms with van der Waals surface area (Å²) in [6, 6.07) is 7.96. The van der Waals surface area contributed by atoms with Gasteiger partial charge in [-0.05, 0) is 19.1 Å². The molecule has 0 spiro atoms. The highest BCUT2D eigenvalue weighted by atomic mass is 16.5. The van der Waals surface area contributed by atoms with Crippen molar-refractivity contribution < 1.29 is 9.84 Å². The van der Waals surface area contributed by atoms with E-state index >= 15 is 0 Å². The first kappa shape index (κ1) is 13.3. The molecule has 0 radical (unpaired) electrons. The number of aryl methyl sites for hydroxylation is 1. The van der Waals surface area contributed by atoms with Crippen LogP contribution in [0.1, 0.15) is 11.3 Å². The Morgan fingerprint density at radius 1 is 1.32 bits per heavy atom. The highest BCUT2D eigenvalue weighted by Crippen LogP contribution is 2.23. The van der Waals surface area contributed by atoms with Gasteiger partial charge in [-0.1, -0.05) is 6.07 Å². The summed E-state index contributed by atoms with van der Waals surface area (Å²) in [5, 5.41) is 9.07. The molecule has 2 rings (SSSR count). The SMILES string of the molecule is Cc1nc(Oc2cccc(N(C)C)c2)ncc1CO. The summed E-state index contributed by atoms with van der Waals surface area (Å²) in [6.45, 7) is 1.75. The Balaban J connectivity index is 2.21. The molecule has 0 saturated heterocycles. The third-order valence-electron chi connectivity index (χ3n) is 2.77. The third kappa shape index (κ3) is 3.20. The summed E-state index contributed by atoms with van der Waals surface area (Å²) in [6.07, 6.45) is 1.58. The summed E-state index contributed by atoms with van der Waals surface area (Å²) >= 11 is 0. The molecule has 19 heavy (non-hydrogen) atoms. The van der Waals surface area contributed by atoms with Gasteiger partial charge in [0.2, 0.25) is 0 Å². The average molecular weight is 259 g/mol. The molecule has 2 aromatic rings. The van der Waals surface area contributed by atoms with E-state index in [-0.39, 0.29) is 12.6 Å². The minimum Gasteiger partial charge on any atom is -0.424 e. The minimum absolute atomic E-state index is 0.0672. The van der Waals surface area contributed by atoms with Crippen LogP contribution < -0.4 is 9.64 Å². The zero-order chi connectivity index (χ0) is 13.8. The lowest BCUT2D eigenvalue weighted by Crippen LogP contribution is -2.08. The molecular weight excluding hydrogens is 242 g/mol. The van der Waals surface area contributed by atoms with Crippen molar-refractivity contribution in [3.8, 4) is 11.8 Å².